The highest BCUT2D eigenvalue weighted by Gasteiger charge is 2.22. The molecule has 0 spiro atoms. The van der Waals surface area contributed by atoms with Crippen LogP contribution < -0.4 is 4.90 Å². The van der Waals surface area contributed by atoms with Crippen LogP contribution in [0.2, 0.25) is 0 Å². The predicted octanol–water partition coefficient (Wildman–Crippen LogP) is 0.756. The zero-order valence-corrected chi connectivity index (χ0v) is 14.7. The molecule has 2 aromatic heterocycles. The Bertz CT molecular complexity index is 627. The average molecular weight is 346 g/mol. The molecule has 7 nitrogen and oxygen atoms in total. The summed E-state index contributed by atoms with van der Waals surface area (Å²) >= 11 is 1.66. The van der Waals surface area contributed by atoms with E-state index in [4.69, 9.17) is 0 Å². The zero-order chi connectivity index (χ0) is 16.8. The van der Waals surface area contributed by atoms with Gasteiger partial charge in [0.1, 0.15) is 5.82 Å². The van der Waals surface area contributed by atoms with Crippen molar-refractivity contribution in [3.05, 3.63) is 35.2 Å². The fraction of sp³-hybridized carbons (Fsp3) is 0.500. The average Bonchev–Trinajstić information content (AvgIpc) is 3.14. The van der Waals surface area contributed by atoms with Gasteiger partial charge in [-0.2, -0.15) is 0 Å². The molecule has 0 radical (unpaired) electrons. The number of anilines is 1. The summed E-state index contributed by atoms with van der Waals surface area (Å²) < 4.78 is 0. The van der Waals surface area contributed by atoms with Crippen LogP contribution in [0.25, 0.3) is 0 Å². The molecule has 1 saturated heterocycles. The lowest BCUT2D eigenvalue weighted by molar-refractivity contribution is -0.132. The summed E-state index contributed by atoms with van der Waals surface area (Å²) in [6, 6.07) is 0. The van der Waals surface area contributed by atoms with E-state index in [0.717, 1.165) is 50.0 Å². The van der Waals surface area contributed by atoms with Crippen LogP contribution in [0.3, 0.4) is 0 Å². The number of carbonyl (C=O) groups excluding carboxylic acids is 1. The van der Waals surface area contributed by atoms with Crippen molar-refractivity contribution in [3.63, 3.8) is 0 Å². The van der Waals surface area contributed by atoms with E-state index in [-0.39, 0.29) is 5.91 Å². The van der Waals surface area contributed by atoms with E-state index in [1.165, 1.54) is 0 Å². The number of aromatic nitrogens is 3. The van der Waals surface area contributed by atoms with Crippen molar-refractivity contribution >= 4 is 23.1 Å². The second-order valence-electron chi connectivity index (χ2n) is 5.85. The van der Waals surface area contributed by atoms with Crippen LogP contribution in [0.5, 0.6) is 0 Å². The molecule has 0 saturated carbocycles. The van der Waals surface area contributed by atoms with E-state index < -0.39 is 0 Å². The molecule has 0 N–H and O–H groups in total. The maximum absolute atomic E-state index is 12.4. The molecule has 3 rings (SSSR count). The smallest absolute Gasteiger partial charge is 0.236 e. The van der Waals surface area contributed by atoms with E-state index in [0.29, 0.717) is 6.54 Å². The van der Waals surface area contributed by atoms with Crippen molar-refractivity contribution in [2.45, 2.75) is 6.42 Å². The Morgan fingerprint density at radius 1 is 1.21 bits per heavy atom. The predicted molar refractivity (Wildman–Crippen MR) is 94.1 cm³/mol. The highest BCUT2D eigenvalue weighted by molar-refractivity contribution is 7.09. The third-order valence-corrected chi connectivity index (χ3v) is 4.94. The molecule has 3 heterocycles. The van der Waals surface area contributed by atoms with Crippen LogP contribution in [0.15, 0.2) is 30.2 Å². The standard InChI is InChI=1S/C16H22N6OS/c1-20(6-2-15-19-5-11-24-15)13-16(23)22-9-7-21(8-10-22)14-12-17-3-4-18-14/h3-5,11-12H,2,6-10,13H2,1H3. The first kappa shape index (κ1) is 16.8. The lowest BCUT2D eigenvalue weighted by atomic mass is 10.3. The van der Waals surface area contributed by atoms with Crippen molar-refractivity contribution in [1.29, 1.82) is 0 Å². The first-order chi connectivity index (χ1) is 11.7. The van der Waals surface area contributed by atoms with Gasteiger partial charge >= 0.3 is 0 Å². The van der Waals surface area contributed by atoms with Crippen molar-refractivity contribution in [2.75, 3.05) is 51.2 Å². The van der Waals surface area contributed by atoms with E-state index in [1.54, 1.807) is 29.9 Å². The monoisotopic (exact) mass is 346 g/mol. The molecule has 1 amide bonds. The van der Waals surface area contributed by atoms with Crippen LogP contribution >= 0.6 is 11.3 Å². The molecule has 8 heteroatoms. The van der Waals surface area contributed by atoms with Crippen LogP contribution in [-0.4, -0.2) is 77.0 Å². The Kier molecular flexibility index (Phi) is 5.71. The number of nitrogens with zero attached hydrogens (tertiary/aromatic N) is 6. The highest BCUT2D eigenvalue weighted by Crippen LogP contribution is 2.12. The van der Waals surface area contributed by atoms with Gasteiger partial charge in [0.2, 0.25) is 5.91 Å². The van der Waals surface area contributed by atoms with Gasteiger partial charge in [-0.3, -0.25) is 14.7 Å². The fourth-order valence-electron chi connectivity index (χ4n) is 2.71. The minimum absolute atomic E-state index is 0.190. The summed E-state index contributed by atoms with van der Waals surface area (Å²) in [5.74, 6) is 1.07. The minimum atomic E-state index is 0.190. The van der Waals surface area contributed by atoms with Crippen LogP contribution in [0.1, 0.15) is 5.01 Å². The van der Waals surface area contributed by atoms with Gasteiger partial charge in [0, 0.05) is 63.1 Å². The van der Waals surface area contributed by atoms with E-state index in [2.05, 4.69) is 24.8 Å². The Balaban J connectivity index is 1.41. The molecule has 0 aromatic carbocycles. The van der Waals surface area contributed by atoms with Gasteiger partial charge in [0.25, 0.3) is 0 Å². The molecule has 1 aliphatic heterocycles. The summed E-state index contributed by atoms with van der Waals surface area (Å²) in [6.07, 6.45) is 7.85. The molecule has 0 atom stereocenters. The molecule has 2 aromatic rings. The molecule has 24 heavy (non-hydrogen) atoms. The van der Waals surface area contributed by atoms with Gasteiger partial charge in [0.15, 0.2) is 0 Å². The number of amides is 1. The summed E-state index contributed by atoms with van der Waals surface area (Å²) in [5, 5.41) is 3.10. The van der Waals surface area contributed by atoms with E-state index >= 15 is 0 Å². The van der Waals surface area contributed by atoms with Crippen LogP contribution in [0, 0.1) is 0 Å². The van der Waals surface area contributed by atoms with Gasteiger partial charge in [-0.05, 0) is 7.05 Å². The Labute approximate surface area is 146 Å². The topological polar surface area (TPSA) is 65.5 Å². The van der Waals surface area contributed by atoms with Crippen molar-refractivity contribution < 1.29 is 4.79 Å². The Morgan fingerprint density at radius 2 is 2.04 bits per heavy atom. The molecule has 128 valence electrons. The number of hydrogen-bond donors (Lipinski definition) is 0. The molecule has 1 fully saturated rings. The molecule has 1 aliphatic rings. The van der Waals surface area contributed by atoms with Gasteiger partial charge in [-0.1, -0.05) is 0 Å². The number of thiazole rings is 1. The number of rotatable bonds is 6. The second-order valence-corrected chi connectivity index (χ2v) is 6.82. The summed E-state index contributed by atoms with van der Waals surface area (Å²) in [6.45, 7) is 4.36. The normalized spacial score (nSPS) is 15.1. The maximum atomic E-state index is 12.4. The highest BCUT2D eigenvalue weighted by atomic mass is 32.1. The van der Waals surface area contributed by atoms with Gasteiger partial charge in [-0.25, -0.2) is 9.97 Å². The summed E-state index contributed by atoms with van der Waals surface area (Å²) in [7, 11) is 1.99. The quantitative estimate of drug-likeness (QED) is 0.769. The zero-order valence-electron chi connectivity index (χ0n) is 13.8. The number of hydrogen-bond acceptors (Lipinski definition) is 7. The Hall–Kier alpha value is -2.06. The van der Waals surface area contributed by atoms with Crippen molar-refractivity contribution in [1.82, 2.24) is 24.8 Å². The van der Waals surface area contributed by atoms with Gasteiger partial charge < -0.3 is 9.80 Å². The van der Waals surface area contributed by atoms with Crippen LogP contribution in [0.4, 0.5) is 5.82 Å². The van der Waals surface area contributed by atoms with Gasteiger partial charge in [-0.15, -0.1) is 11.3 Å². The number of likely N-dealkylation sites (N-methyl/N-ethyl adjacent to an activating group) is 1. The third-order valence-electron chi connectivity index (χ3n) is 4.10. The van der Waals surface area contributed by atoms with Crippen molar-refractivity contribution in [3.8, 4) is 0 Å². The molecular weight excluding hydrogens is 324 g/mol. The number of carbonyl (C=O) groups is 1. The van der Waals surface area contributed by atoms with E-state index in [1.807, 2.05) is 23.5 Å². The summed E-state index contributed by atoms with van der Waals surface area (Å²) in [5.41, 5.74) is 0. The van der Waals surface area contributed by atoms with Crippen LogP contribution in [-0.2, 0) is 11.2 Å². The Morgan fingerprint density at radius 3 is 2.71 bits per heavy atom. The lowest BCUT2D eigenvalue weighted by Crippen LogP contribution is -2.51. The largest absolute Gasteiger partial charge is 0.352 e. The second kappa shape index (κ2) is 8.16. The fourth-order valence-corrected chi connectivity index (χ4v) is 3.32. The van der Waals surface area contributed by atoms with Gasteiger partial charge in [0.05, 0.1) is 17.7 Å². The minimum Gasteiger partial charge on any atom is -0.352 e. The molecule has 0 aliphatic carbocycles. The lowest BCUT2D eigenvalue weighted by Gasteiger charge is -2.35. The van der Waals surface area contributed by atoms with E-state index in [9.17, 15) is 4.79 Å². The SMILES string of the molecule is CN(CCc1nccs1)CC(=O)N1CCN(c2cnccn2)CC1. The first-order valence-corrected chi connectivity index (χ1v) is 8.96. The maximum Gasteiger partial charge on any atom is 0.236 e. The molecular formula is C16H22N6OS. The number of piperazine rings is 1. The third kappa shape index (κ3) is 4.48. The van der Waals surface area contributed by atoms with Crippen molar-refractivity contribution in [2.24, 2.45) is 0 Å². The first-order valence-electron chi connectivity index (χ1n) is 8.08. The summed E-state index contributed by atoms with van der Waals surface area (Å²) in [4.78, 5) is 31.3. The molecule has 0 unspecified atom stereocenters. The molecule has 0 bridgehead atoms.